The van der Waals surface area contributed by atoms with E-state index in [1.54, 1.807) is 31.4 Å². The molecule has 4 aliphatic carbocycles. The minimum Gasteiger partial charge on any atom is -0.497 e. The first-order valence-electron chi connectivity index (χ1n) is 11.1. The molecule has 1 aliphatic heterocycles. The maximum absolute atomic E-state index is 15.0. The lowest BCUT2D eigenvalue weighted by Crippen LogP contribution is -2.40. The lowest BCUT2D eigenvalue weighted by atomic mass is 9.63. The molecular formula is C26H22FNO5. The quantitative estimate of drug-likeness (QED) is 0.384. The topological polar surface area (TPSA) is 72.9 Å². The molecule has 33 heavy (non-hydrogen) atoms. The fourth-order valence-electron chi connectivity index (χ4n) is 5.96. The molecule has 3 fully saturated rings. The van der Waals surface area contributed by atoms with Gasteiger partial charge in [0.1, 0.15) is 11.5 Å². The number of nitrogens with zero attached hydrogens (tertiary/aromatic N) is 1. The Bertz CT molecular complexity index is 1170. The molecule has 0 radical (unpaired) electrons. The summed E-state index contributed by atoms with van der Waals surface area (Å²) in [4.78, 5) is 39.7. The van der Waals surface area contributed by atoms with E-state index in [4.69, 9.17) is 9.47 Å². The summed E-state index contributed by atoms with van der Waals surface area (Å²) >= 11 is 0. The molecule has 6 nitrogen and oxygen atoms in total. The summed E-state index contributed by atoms with van der Waals surface area (Å²) in [6.07, 6.45) is 5.25. The third kappa shape index (κ3) is 3.02. The second-order valence-electron chi connectivity index (χ2n) is 9.22. The first-order chi connectivity index (χ1) is 16.0. The molecule has 4 unspecified atom stereocenters. The Kier molecular flexibility index (Phi) is 4.44. The number of anilines is 1. The second-order valence-corrected chi connectivity index (χ2v) is 9.22. The van der Waals surface area contributed by atoms with E-state index in [0.29, 0.717) is 23.1 Å². The van der Waals surface area contributed by atoms with Crippen LogP contribution in [-0.4, -0.2) is 31.3 Å². The van der Waals surface area contributed by atoms with Crippen LogP contribution in [0.25, 0.3) is 0 Å². The van der Waals surface area contributed by atoms with Crippen molar-refractivity contribution in [3.63, 3.8) is 0 Å². The number of hydrogen-bond donors (Lipinski definition) is 0. The fraction of sp³-hybridized carbons (Fsp3) is 0.346. The van der Waals surface area contributed by atoms with Crippen LogP contribution in [0.3, 0.4) is 0 Å². The average Bonchev–Trinajstić information content (AvgIpc) is 3.62. The molecule has 6 atom stereocenters. The van der Waals surface area contributed by atoms with E-state index in [1.807, 2.05) is 0 Å². The van der Waals surface area contributed by atoms with Gasteiger partial charge in [-0.25, -0.2) is 9.29 Å². The molecule has 0 aromatic heterocycles. The minimum absolute atomic E-state index is 0.0543. The van der Waals surface area contributed by atoms with Gasteiger partial charge in [0.25, 0.3) is 0 Å². The third-order valence-electron chi connectivity index (χ3n) is 7.60. The molecule has 1 saturated heterocycles. The number of halogens is 1. The summed E-state index contributed by atoms with van der Waals surface area (Å²) in [6.45, 7) is -0.269. The van der Waals surface area contributed by atoms with Gasteiger partial charge in [-0.15, -0.1) is 0 Å². The van der Waals surface area contributed by atoms with E-state index >= 15 is 4.39 Å². The Balaban J connectivity index is 1.17. The van der Waals surface area contributed by atoms with E-state index in [0.717, 1.165) is 17.4 Å². The van der Waals surface area contributed by atoms with Gasteiger partial charge >= 0.3 is 0 Å². The van der Waals surface area contributed by atoms with Crippen LogP contribution in [-0.2, 0) is 9.59 Å². The summed E-state index contributed by atoms with van der Waals surface area (Å²) < 4.78 is 25.6. The average molecular weight is 447 g/mol. The number of carbonyl (C=O) groups excluding carboxylic acids is 3. The highest BCUT2D eigenvalue weighted by molar-refractivity contribution is 6.22. The summed E-state index contributed by atoms with van der Waals surface area (Å²) in [5.41, 5.74) is 0.395. The van der Waals surface area contributed by atoms with Crippen molar-refractivity contribution in [1.29, 1.82) is 0 Å². The fourth-order valence-corrected chi connectivity index (χ4v) is 5.96. The monoisotopic (exact) mass is 447 g/mol. The number of imide groups is 1. The van der Waals surface area contributed by atoms with Crippen LogP contribution in [0.1, 0.15) is 16.8 Å². The number of carbonyl (C=O) groups is 3. The van der Waals surface area contributed by atoms with Gasteiger partial charge in [-0.1, -0.05) is 12.2 Å². The Morgan fingerprint density at radius 2 is 1.58 bits per heavy atom. The number of benzene rings is 2. The minimum atomic E-state index is -0.727. The van der Waals surface area contributed by atoms with Crippen LogP contribution < -0.4 is 14.4 Å². The van der Waals surface area contributed by atoms with Crippen LogP contribution in [0.2, 0.25) is 0 Å². The molecule has 0 spiro atoms. The predicted octanol–water partition coefficient (Wildman–Crippen LogP) is 3.65. The molecule has 168 valence electrons. The predicted molar refractivity (Wildman–Crippen MR) is 116 cm³/mol. The van der Waals surface area contributed by atoms with Crippen molar-refractivity contribution >= 4 is 23.3 Å². The zero-order chi connectivity index (χ0) is 22.9. The Morgan fingerprint density at radius 3 is 2.15 bits per heavy atom. The van der Waals surface area contributed by atoms with Gasteiger partial charge in [0.15, 0.2) is 18.2 Å². The summed E-state index contributed by atoms with van der Waals surface area (Å²) in [6, 6.07) is 10.6. The van der Waals surface area contributed by atoms with Crippen molar-refractivity contribution in [1.82, 2.24) is 0 Å². The number of allylic oxidation sites excluding steroid dienone is 2. The van der Waals surface area contributed by atoms with E-state index < -0.39 is 5.82 Å². The normalized spacial score (nSPS) is 30.8. The number of amides is 2. The zero-order valence-electron chi connectivity index (χ0n) is 17.9. The molecule has 7 heteroatoms. The molecule has 0 N–H and O–H groups in total. The van der Waals surface area contributed by atoms with Gasteiger partial charge < -0.3 is 9.47 Å². The molecule has 2 saturated carbocycles. The summed E-state index contributed by atoms with van der Waals surface area (Å²) in [5.74, 6) is -0.440. The Hall–Kier alpha value is -3.48. The molecular weight excluding hydrogens is 425 g/mol. The largest absolute Gasteiger partial charge is 0.497 e. The van der Waals surface area contributed by atoms with Crippen molar-refractivity contribution in [3.05, 3.63) is 66.0 Å². The van der Waals surface area contributed by atoms with Crippen LogP contribution >= 0.6 is 0 Å². The first-order valence-corrected chi connectivity index (χ1v) is 11.1. The second kappa shape index (κ2) is 7.27. The molecule has 2 aromatic rings. The number of methoxy groups -OCH3 is 1. The number of hydrogen-bond acceptors (Lipinski definition) is 5. The zero-order valence-corrected chi connectivity index (χ0v) is 17.9. The lowest BCUT2D eigenvalue weighted by Gasteiger charge is -2.37. The van der Waals surface area contributed by atoms with Crippen molar-refractivity contribution in [3.8, 4) is 11.5 Å². The highest BCUT2D eigenvalue weighted by Gasteiger charge is 2.67. The summed E-state index contributed by atoms with van der Waals surface area (Å²) in [7, 11) is 1.54. The smallest absolute Gasteiger partial charge is 0.238 e. The molecule has 7 rings (SSSR count). The van der Waals surface area contributed by atoms with Gasteiger partial charge in [-0.05, 0) is 66.5 Å². The Morgan fingerprint density at radius 1 is 0.970 bits per heavy atom. The molecule has 1 heterocycles. The number of rotatable bonds is 6. The SMILES string of the molecule is COc1ccc(C(=O)COc2ccc(N3C(=O)C4C(C3=O)C3C=CC4[C@H]4C[C@@H]34)c(F)c2)cc1. The van der Waals surface area contributed by atoms with Crippen LogP contribution in [0.4, 0.5) is 10.1 Å². The first kappa shape index (κ1) is 20.1. The molecule has 2 amide bonds. The highest BCUT2D eigenvalue weighted by atomic mass is 19.1. The molecule has 5 aliphatic rings. The van der Waals surface area contributed by atoms with Gasteiger partial charge in [0.2, 0.25) is 11.8 Å². The number of ether oxygens (including phenoxy) is 2. The maximum atomic E-state index is 15.0. The van der Waals surface area contributed by atoms with Crippen LogP contribution in [0.15, 0.2) is 54.6 Å². The van der Waals surface area contributed by atoms with E-state index in [-0.39, 0.29) is 59.3 Å². The highest BCUT2D eigenvalue weighted by Crippen LogP contribution is 2.65. The standard InChI is InChI=1S/C26H22FNO5/c1-32-14-4-2-13(3-5-14)22(29)12-33-15-6-9-21(20(27)10-15)28-25(30)23-16-7-8-17(19-11-18(16)19)24(23)26(28)31/h2-10,16-19,23-24H,11-12H2,1H3/t16?,17?,18-,19+,23?,24?. The molecule has 2 bridgehead atoms. The lowest BCUT2D eigenvalue weighted by molar-refractivity contribution is -0.124. The van der Waals surface area contributed by atoms with Crippen molar-refractivity contribution < 1.29 is 28.2 Å². The summed E-state index contributed by atoms with van der Waals surface area (Å²) in [5, 5.41) is 0. The molecule has 2 aromatic carbocycles. The van der Waals surface area contributed by atoms with Gasteiger partial charge in [0, 0.05) is 11.6 Å². The van der Waals surface area contributed by atoms with E-state index in [2.05, 4.69) is 12.2 Å². The maximum Gasteiger partial charge on any atom is 0.238 e. The number of Topliss-reactive ketones (excluding diaryl/α,β-unsaturated/α-hetero) is 1. The van der Waals surface area contributed by atoms with Crippen molar-refractivity contribution in [2.75, 3.05) is 18.6 Å². The van der Waals surface area contributed by atoms with E-state index in [9.17, 15) is 14.4 Å². The van der Waals surface area contributed by atoms with E-state index in [1.165, 1.54) is 12.1 Å². The van der Waals surface area contributed by atoms with Gasteiger partial charge in [-0.3, -0.25) is 14.4 Å². The van der Waals surface area contributed by atoms with Gasteiger partial charge in [-0.2, -0.15) is 0 Å². The van der Waals surface area contributed by atoms with Crippen molar-refractivity contribution in [2.45, 2.75) is 6.42 Å². The van der Waals surface area contributed by atoms with Crippen LogP contribution in [0.5, 0.6) is 11.5 Å². The van der Waals surface area contributed by atoms with Crippen LogP contribution in [0, 0.1) is 41.3 Å². The van der Waals surface area contributed by atoms with Crippen molar-refractivity contribution in [2.24, 2.45) is 35.5 Å². The van der Waals surface area contributed by atoms with Gasteiger partial charge in [0.05, 0.1) is 24.6 Å². The third-order valence-corrected chi connectivity index (χ3v) is 7.60. The Labute approximate surface area is 190 Å². The number of ketones is 1.